The molecule has 0 bridgehead atoms. The highest BCUT2D eigenvalue weighted by atomic mass is 16.4. The molecule has 0 aliphatic carbocycles. The molecule has 1 atom stereocenters. The third-order valence-electron chi connectivity index (χ3n) is 3.25. The Bertz CT molecular complexity index is 614. The second kappa shape index (κ2) is 6.20. The molecule has 0 aliphatic rings. The highest BCUT2D eigenvalue weighted by Crippen LogP contribution is 2.27. The third-order valence-corrected chi connectivity index (χ3v) is 3.25. The summed E-state index contributed by atoms with van der Waals surface area (Å²) in [5.74, 6) is -1.34. The van der Waals surface area contributed by atoms with Crippen molar-refractivity contribution < 1.29 is 9.90 Å². The molecule has 0 saturated carbocycles. The van der Waals surface area contributed by atoms with Crippen molar-refractivity contribution in [3.63, 3.8) is 0 Å². The topological polar surface area (TPSA) is 37.3 Å². The molecule has 0 spiro atoms. The molecule has 2 aromatic carbocycles. The predicted octanol–water partition coefficient (Wildman–Crippen LogP) is 4.49. The number of rotatable bonds is 5. The van der Waals surface area contributed by atoms with E-state index >= 15 is 0 Å². The van der Waals surface area contributed by atoms with Crippen LogP contribution in [0.1, 0.15) is 24.8 Å². The van der Waals surface area contributed by atoms with Gasteiger partial charge in [0.1, 0.15) is 0 Å². The molecule has 0 amide bonds. The van der Waals surface area contributed by atoms with Crippen LogP contribution in [0.4, 0.5) is 0 Å². The van der Waals surface area contributed by atoms with Crippen LogP contribution >= 0.6 is 0 Å². The molecule has 0 unspecified atom stereocenters. The Hall–Kier alpha value is -2.35. The van der Waals surface area contributed by atoms with Gasteiger partial charge in [-0.2, -0.15) is 0 Å². The molecule has 0 saturated heterocycles. The molecular formula is C18H18O2. The molecule has 0 heterocycles. The maximum atomic E-state index is 11.4. The Labute approximate surface area is 119 Å². The number of allylic oxidation sites excluding steroid dienone is 1. The first-order chi connectivity index (χ1) is 9.58. The van der Waals surface area contributed by atoms with E-state index in [1.807, 2.05) is 61.5 Å². The zero-order chi connectivity index (χ0) is 14.5. The Morgan fingerprint density at radius 2 is 1.75 bits per heavy atom. The van der Waals surface area contributed by atoms with Crippen LogP contribution in [0.2, 0.25) is 0 Å². The van der Waals surface area contributed by atoms with Crippen LogP contribution in [-0.2, 0) is 4.79 Å². The Kier molecular flexibility index (Phi) is 4.36. The van der Waals surface area contributed by atoms with E-state index in [0.717, 1.165) is 22.3 Å². The van der Waals surface area contributed by atoms with Crippen molar-refractivity contribution in [2.75, 3.05) is 0 Å². The fraction of sp³-hybridized carbons (Fsp3) is 0.167. The fourth-order valence-corrected chi connectivity index (χ4v) is 2.26. The van der Waals surface area contributed by atoms with E-state index < -0.39 is 11.9 Å². The molecule has 0 aliphatic heterocycles. The van der Waals surface area contributed by atoms with E-state index in [4.69, 9.17) is 0 Å². The Morgan fingerprint density at radius 1 is 1.10 bits per heavy atom. The lowest BCUT2D eigenvalue weighted by atomic mass is 9.91. The highest BCUT2D eigenvalue weighted by Gasteiger charge is 2.20. The Balaban J connectivity index is 2.38. The molecule has 102 valence electrons. The van der Waals surface area contributed by atoms with E-state index in [1.54, 1.807) is 0 Å². The standard InChI is InChI=1S/C18H18O2/c1-13(2)11-17(18(19)20)16-10-6-9-15(12-16)14-7-4-3-5-8-14/h3-10,12,17H,1,11H2,2H3,(H,19,20)/t17-/m0/s1. The summed E-state index contributed by atoms with van der Waals surface area (Å²) in [6.45, 7) is 5.68. The Morgan fingerprint density at radius 3 is 2.35 bits per heavy atom. The number of benzene rings is 2. The summed E-state index contributed by atoms with van der Waals surface area (Å²) in [6.07, 6.45) is 0.466. The number of hydrogen-bond acceptors (Lipinski definition) is 1. The van der Waals surface area contributed by atoms with Crippen molar-refractivity contribution in [2.45, 2.75) is 19.3 Å². The van der Waals surface area contributed by atoms with Gasteiger partial charge in [0.05, 0.1) is 5.92 Å². The van der Waals surface area contributed by atoms with Crippen molar-refractivity contribution in [3.05, 3.63) is 72.3 Å². The van der Waals surface area contributed by atoms with Crippen molar-refractivity contribution >= 4 is 5.97 Å². The first-order valence-corrected chi connectivity index (χ1v) is 6.60. The first-order valence-electron chi connectivity index (χ1n) is 6.60. The molecule has 20 heavy (non-hydrogen) atoms. The van der Waals surface area contributed by atoms with Gasteiger partial charge in [0, 0.05) is 0 Å². The van der Waals surface area contributed by atoms with E-state index in [2.05, 4.69) is 6.58 Å². The lowest BCUT2D eigenvalue weighted by Gasteiger charge is -2.14. The highest BCUT2D eigenvalue weighted by molar-refractivity contribution is 5.77. The maximum absolute atomic E-state index is 11.4. The van der Waals surface area contributed by atoms with E-state index in [1.165, 1.54) is 0 Å². The molecule has 2 aromatic rings. The van der Waals surface area contributed by atoms with Gasteiger partial charge in [-0.3, -0.25) is 4.79 Å². The molecule has 2 nitrogen and oxygen atoms in total. The molecule has 2 rings (SSSR count). The van der Waals surface area contributed by atoms with Crippen LogP contribution in [-0.4, -0.2) is 11.1 Å². The summed E-state index contributed by atoms with van der Waals surface area (Å²) >= 11 is 0. The normalized spacial score (nSPS) is 11.8. The van der Waals surface area contributed by atoms with Gasteiger partial charge in [0.2, 0.25) is 0 Å². The van der Waals surface area contributed by atoms with Crippen molar-refractivity contribution in [2.24, 2.45) is 0 Å². The SMILES string of the molecule is C=C(C)C[C@H](C(=O)O)c1cccc(-c2ccccc2)c1. The summed E-state index contributed by atoms with van der Waals surface area (Å²) < 4.78 is 0. The minimum Gasteiger partial charge on any atom is -0.481 e. The van der Waals surface area contributed by atoms with Gasteiger partial charge in [-0.15, -0.1) is 6.58 Å². The molecule has 0 fully saturated rings. The van der Waals surface area contributed by atoms with Gasteiger partial charge in [-0.1, -0.05) is 60.2 Å². The minimum absolute atomic E-state index is 0.466. The van der Waals surface area contributed by atoms with Gasteiger partial charge >= 0.3 is 5.97 Å². The maximum Gasteiger partial charge on any atom is 0.311 e. The summed E-state index contributed by atoms with van der Waals surface area (Å²) in [7, 11) is 0. The van der Waals surface area contributed by atoms with Crippen LogP contribution < -0.4 is 0 Å². The molecular weight excluding hydrogens is 248 g/mol. The van der Waals surface area contributed by atoms with E-state index in [-0.39, 0.29) is 0 Å². The zero-order valence-electron chi connectivity index (χ0n) is 11.5. The quantitative estimate of drug-likeness (QED) is 0.810. The van der Waals surface area contributed by atoms with Crippen LogP contribution in [0.3, 0.4) is 0 Å². The zero-order valence-corrected chi connectivity index (χ0v) is 11.5. The van der Waals surface area contributed by atoms with E-state index in [9.17, 15) is 9.90 Å². The number of carboxylic acids is 1. The third kappa shape index (κ3) is 3.35. The van der Waals surface area contributed by atoms with Crippen LogP contribution in [0.15, 0.2) is 66.7 Å². The lowest BCUT2D eigenvalue weighted by molar-refractivity contribution is -0.138. The van der Waals surface area contributed by atoms with Crippen molar-refractivity contribution in [1.29, 1.82) is 0 Å². The van der Waals surface area contributed by atoms with Crippen LogP contribution in [0.5, 0.6) is 0 Å². The van der Waals surface area contributed by atoms with E-state index in [0.29, 0.717) is 6.42 Å². The second-order valence-electron chi connectivity index (χ2n) is 5.04. The predicted molar refractivity (Wildman–Crippen MR) is 81.7 cm³/mol. The monoisotopic (exact) mass is 266 g/mol. The van der Waals surface area contributed by atoms with Crippen molar-refractivity contribution in [3.8, 4) is 11.1 Å². The van der Waals surface area contributed by atoms with Gasteiger partial charge in [-0.25, -0.2) is 0 Å². The van der Waals surface area contributed by atoms with Gasteiger partial charge in [0.25, 0.3) is 0 Å². The number of carbonyl (C=O) groups is 1. The van der Waals surface area contributed by atoms with Crippen LogP contribution in [0.25, 0.3) is 11.1 Å². The van der Waals surface area contributed by atoms with Gasteiger partial charge in [-0.05, 0) is 30.0 Å². The number of aliphatic carboxylic acids is 1. The summed E-state index contributed by atoms with van der Waals surface area (Å²) in [5.41, 5.74) is 3.83. The molecule has 0 radical (unpaired) electrons. The average Bonchev–Trinajstić information content (AvgIpc) is 2.45. The molecule has 2 heteroatoms. The first kappa shape index (κ1) is 14.1. The minimum atomic E-state index is -0.807. The average molecular weight is 266 g/mol. The molecule has 0 aromatic heterocycles. The largest absolute Gasteiger partial charge is 0.481 e. The van der Waals surface area contributed by atoms with Crippen LogP contribution in [0, 0.1) is 0 Å². The number of hydrogen-bond donors (Lipinski definition) is 1. The van der Waals surface area contributed by atoms with Crippen molar-refractivity contribution in [1.82, 2.24) is 0 Å². The summed E-state index contributed by atoms with van der Waals surface area (Å²) in [6, 6.07) is 17.7. The fourth-order valence-electron chi connectivity index (χ4n) is 2.26. The smallest absolute Gasteiger partial charge is 0.311 e. The van der Waals surface area contributed by atoms with Gasteiger partial charge in [0.15, 0.2) is 0 Å². The summed E-state index contributed by atoms with van der Waals surface area (Å²) in [4.78, 5) is 11.4. The summed E-state index contributed by atoms with van der Waals surface area (Å²) in [5, 5.41) is 9.40. The second-order valence-corrected chi connectivity index (χ2v) is 5.04. The number of carboxylic acid groups (broad SMARTS) is 1. The lowest BCUT2D eigenvalue weighted by Crippen LogP contribution is -2.12. The molecule has 1 N–H and O–H groups in total. The van der Waals surface area contributed by atoms with Gasteiger partial charge < -0.3 is 5.11 Å².